The molecule has 4 heterocycles. The Morgan fingerprint density at radius 3 is 2.72 bits per heavy atom. The zero-order valence-electron chi connectivity index (χ0n) is 14.6. The highest BCUT2D eigenvalue weighted by atomic mass is 15.3. The summed E-state index contributed by atoms with van der Waals surface area (Å²) in [4.78, 5) is 15.0. The van der Waals surface area contributed by atoms with Crippen LogP contribution in [-0.4, -0.2) is 47.4 Å². The van der Waals surface area contributed by atoms with Crippen molar-refractivity contribution in [2.24, 2.45) is 7.05 Å². The highest BCUT2D eigenvalue weighted by Crippen LogP contribution is 2.29. The zero-order chi connectivity index (χ0) is 17.2. The second-order valence-corrected chi connectivity index (χ2v) is 6.55. The minimum atomic E-state index is 0.438. The zero-order valence-corrected chi connectivity index (χ0v) is 14.6. The van der Waals surface area contributed by atoms with Gasteiger partial charge in [-0.3, -0.25) is 0 Å². The Morgan fingerprint density at radius 2 is 2.00 bits per heavy atom. The molecule has 3 aromatic rings. The number of imidazole rings is 1. The smallest absolute Gasteiger partial charge is 0.152 e. The van der Waals surface area contributed by atoms with Crippen molar-refractivity contribution in [3.63, 3.8) is 0 Å². The third-order valence-electron chi connectivity index (χ3n) is 4.86. The summed E-state index contributed by atoms with van der Waals surface area (Å²) in [6.07, 6.45) is 9.27. The maximum atomic E-state index is 4.47. The lowest BCUT2D eigenvalue weighted by Gasteiger charge is -2.32. The summed E-state index contributed by atoms with van der Waals surface area (Å²) < 4.78 is 4.14. The lowest BCUT2D eigenvalue weighted by atomic mass is 9.96. The van der Waals surface area contributed by atoms with E-state index in [9.17, 15) is 0 Å². The van der Waals surface area contributed by atoms with Crippen molar-refractivity contribution in [3.05, 3.63) is 48.5 Å². The summed E-state index contributed by atoms with van der Waals surface area (Å²) >= 11 is 0. The van der Waals surface area contributed by atoms with Gasteiger partial charge < -0.3 is 14.0 Å². The van der Waals surface area contributed by atoms with E-state index in [-0.39, 0.29) is 0 Å². The van der Waals surface area contributed by atoms with E-state index in [1.807, 2.05) is 23.8 Å². The van der Waals surface area contributed by atoms with Crippen LogP contribution in [0.2, 0.25) is 0 Å². The highest BCUT2D eigenvalue weighted by Gasteiger charge is 2.25. The molecular formula is C17H22N8. The average molecular weight is 338 g/mol. The molecule has 130 valence electrons. The van der Waals surface area contributed by atoms with Crippen LogP contribution in [0.15, 0.2) is 31.1 Å². The number of aromatic nitrogens is 7. The Balaban J connectivity index is 1.43. The van der Waals surface area contributed by atoms with E-state index in [0.717, 1.165) is 49.1 Å². The normalized spacial score (nSPS) is 15.7. The van der Waals surface area contributed by atoms with Crippen LogP contribution in [0.3, 0.4) is 0 Å². The molecule has 1 saturated heterocycles. The molecule has 25 heavy (non-hydrogen) atoms. The summed E-state index contributed by atoms with van der Waals surface area (Å²) in [7, 11) is 2.06. The average Bonchev–Trinajstić information content (AvgIpc) is 3.26. The Kier molecular flexibility index (Phi) is 4.17. The molecule has 0 spiro atoms. The molecule has 0 bridgehead atoms. The lowest BCUT2D eigenvalue weighted by molar-refractivity contribution is 0.470. The first-order valence-electron chi connectivity index (χ1n) is 8.58. The van der Waals surface area contributed by atoms with Crippen LogP contribution in [0.5, 0.6) is 0 Å². The van der Waals surface area contributed by atoms with Gasteiger partial charge in [0.05, 0.1) is 12.9 Å². The van der Waals surface area contributed by atoms with Gasteiger partial charge in [-0.05, 0) is 19.8 Å². The minimum Gasteiger partial charge on any atom is -0.356 e. The van der Waals surface area contributed by atoms with Crippen LogP contribution in [-0.2, 0) is 13.6 Å². The molecule has 1 aliphatic heterocycles. The standard InChI is InChI=1S/C17H22N8/c1-13-9-15(20-11-19-13)25-6-3-14(4-7-25)17-22-21-16(23(17)2)10-24-8-5-18-12-24/h5,8-9,11-12,14H,3-4,6-7,10H2,1-2H3. The molecule has 0 aromatic carbocycles. The van der Waals surface area contributed by atoms with Gasteiger partial charge in [-0.2, -0.15) is 0 Å². The van der Waals surface area contributed by atoms with E-state index >= 15 is 0 Å². The summed E-state index contributed by atoms with van der Waals surface area (Å²) in [6.45, 7) is 4.65. The van der Waals surface area contributed by atoms with E-state index in [1.54, 1.807) is 18.9 Å². The van der Waals surface area contributed by atoms with Crippen molar-refractivity contribution in [2.75, 3.05) is 18.0 Å². The Labute approximate surface area is 146 Å². The summed E-state index contributed by atoms with van der Waals surface area (Å²) in [5, 5.41) is 8.85. The van der Waals surface area contributed by atoms with Crippen molar-refractivity contribution >= 4 is 5.82 Å². The van der Waals surface area contributed by atoms with Crippen LogP contribution < -0.4 is 4.90 Å². The molecule has 0 N–H and O–H groups in total. The maximum absolute atomic E-state index is 4.47. The van der Waals surface area contributed by atoms with Gasteiger partial charge in [0.25, 0.3) is 0 Å². The molecule has 0 radical (unpaired) electrons. The number of rotatable bonds is 4. The Morgan fingerprint density at radius 1 is 1.16 bits per heavy atom. The summed E-state index contributed by atoms with van der Waals surface area (Å²) in [6, 6.07) is 2.05. The Bertz CT molecular complexity index is 830. The monoisotopic (exact) mass is 338 g/mol. The third-order valence-corrected chi connectivity index (χ3v) is 4.86. The van der Waals surface area contributed by atoms with Crippen molar-refractivity contribution < 1.29 is 0 Å². The van der Waals surface area contributed by atoms with Crippen molar-refractivity contribution in [3.8, 4) is 0 Å². The molecule has 8 nitrogen and oxygen atoms in total. The quantitative estimate of drug-likeness (QED) is 0.718. The van der Waals surface area contributed by atoms with Gasteiger partial charge in [0.15, 0.2) is 5.82 Å². The maximum Gasteiger partial charge on any atom is 0.152 e. The van der Waals surface area contributed by atoms with E-state index in [1.165, 1.54) is 0 Å². The van der Waals surface area contributed by atoms with Gasteiger partial charge in [0.1, 0.15) is 18.0 Å². The third kappa shape index (κ3) is 3.24. The second kappa shape index (κ2) is 6.62. The van der Waals surface area contributed by atoms with E-state index in [0.29, 0.717) is 12.5 Å². The number of piperidine rings is 1. The molecular weight excluding hydrogens is 316 g/mol. The molecule has 0 amide bonds. The van der Waals surface area contributed by atoms with Gasteiger partial charge in [-0.15, -0.1) is 10.2 Å². The first-order chi connectivity index (χ1) is 12.2. The predicted octanol–water partition coefficient (Wildman–Crippen LogP) is 1.54. The van der Waals surface area contributed by atoms with Crippen LogP contribution in [0.1, 0.15) is 36.1 Å². The first kappa shape index (κ1) is 15.7. The Hall–Kier alpha value is -2.77. The molecule has 4 rings (SSSR count). The van der Waals surface area contributed by atoms with E-state index < -0.39 is 0 Å². The van der Waals surface area contributed by atoms with Crippen molar-refractivity contribution in [1.82, 2.24) is 34.3 Å². The van der Waals surface area contributed by atoms with Crippen LogP contribution in [0.25, 0.3) is 0 Å². The van der Waals surface area contributed by atoms with E-state index in [4.69, 9.17) is 0 Å². The predicted molar refractivity (Wildman–Crippen MR) is 93.3 cm³/mol. The van der Waals surface area contributed by atoms with Crippen LogP contribution >= 0.6 is 0 Å². The number of hydrogen-bond donors (Lipinski definition) is 0. The molecule has 0 aliphatic carbocycles. The second-order valence-electron chi connectivity index (χ2n) is 6.55. The summed E-state index contributed by atoms with van der Waals surface area (Å²) in [5.74, 6) is 3.49. The van der Waals surface area contributed by atoms with Crippen molar-refractivity contribution in [2.45, 2.75) is 32.2 Å². The molecule has 1 aliphatic rings. The minimum absolute atomic E-state index is 0.438. The number of anilines is 1. The van der Waals surface area contributed by atoms with Crippen LogP contribution in [0.4, 0.5) is 5.82 Å². The lowest BCUT2D eigenvalue weighted by Crippen LogP contribution is -2.34. The van der Waals surface area contributed by atoms with E-state index in [2.05, 4.69) is 41.7 Å². The fourth-order valence-corrected chi connectivity index (χ4v) is 3.39. The van der Waals surface area contributed by atoms with Gasteiger partial charge >= 0.3 is 0 Å². The highest BCUT2D eigenvalue weighted by molar-refractivity contribution is 5.39. The van der Waals surface area contributed by atoms with Crippen molar-refractivity contribution in [1.29, 1.82) is 0 Å². The van der Waals surface area contributed by atoms with Gasteiger partial charge in [-0.25, -0.2) is 15.0 Å². The first-order valence-corrected chi connectivity index (χ1v) is 8.58. The van der Waals surface area contributed by atoms with Gasteiger partial charge in [0, 0.05) is 50.2 Å². The SMILES string of the molecule is Cc1cc(N2CCC(c3nnc(Cn4ccnc4)n3C)CC2)ncn1. The molecule has 0 unspecified atom stereocenters. The molecule has 1 fully saturated rings. The molecule has 8 heteroatoms. The van der Waals surface area contributed by atoms with Gasteiger partial charge in [0.2, 0.25) is 0 Å². The molecule has 0 saturated carbocycles. The number of aryl methyl sites for hydroxylation is 1. The fraction of sp³-hybridized carbons (Fsp3) is 0.471. The number of nitrogens with zero attached hydrogens (tertiary/aromatic N) is 8. The summed E-state index contributed by atoms with van der Waals surface area (Å²) in [5.41, 5.74) is 1.00. The van der Waals surface area contributed by atoms with Crippen LogP contribution in [0, 0.1) is 6.92 Å². The molecule has 3 aromatic heterocycles. The van der Waals surface area contributed by atoms with Gasteiger partial charge in [-0.1, -0.05) is 0 Å². The number of hydrogen-bond acceptors (Lipinski definition) is 6. The molecule has 0 atom stereocenters. The topological polar surface area (TPSA) is 77.5 Å². The fourth-order valence-electron chi connectivity index (χ4n) is 3.39. The largest absolute Gasteiger partial charge is 0.356 e.